The van der Waals surface area contributed by atoms with E-state index < -0.39 is 24.5 Å². The van der Waals surface area contributed by atoms with Crippen molar-refractivity contribution in [1.29, 1.82) is 0 Å². The van der Waals surface area contributed by atoms with Crippen molar-refractivity contribution in [2.75, 3.05) is 26.2 Å². The molecule has 2 fully saturated rings. The third-order valence-corrected chi connectivity index (χ3v) is 6.52. The zero-order valence-electron chi connectivity index (χ0n) is 18.0. The highest BCUT2D eigenvalue weighted by Gasteiger charge is 2.58. The molecule has 0 N–H and O–H groups in total. The number of alkyl halides is 5. The molecule has 0 radical (unpaired) electrons. The van der Waals surface area contributed by atoms with Crippen LogP contribution in [0.1, 0.15) is 31.6 Å². The Labute approximate surface area is 187 Å². The van der Waals surface area contributed by atoms with E-state index in [2.05, 4.69) is 10.1 Å². The van der Waals surface area contributed by atoms with Crippen LogP contribution in [-0.2, 0) is 0 Å². The van der Waals surface area contributed by atoms with Crippen LogP contribution in [0.25, 0.3) is 11.4 Å². The van der Waals surface area contributed by atoms with Gasteiger partial charge in [-0.3, -0.25) is 4.90 Å². The van der Waals surface area contributed by atoms with Gasteiger partial charge in [-0.2, -0.15) is 26.9 Å². The lowest BCUT2D eigenvalue weighted by Gasteiger charge is -2.34. The maximum absolute atomic E-state index is 14.3. The van der Waals surface area contributed by atoms with Gasteiger partial charge in [0, 0.05) is 13.0 Å². The fourth-order valence-corrected chi connectivity index (χ4v) is 4.59. The van der Waals surface area contributed by atoms with E-state index in [0.717, 1.165) is 12.8 Å². The lowest BCUT2D eigenvalue weighted by molar-refractivity contribution is -0.287. The molecular formula is C22H25F6N3O2. The van der Waals surface area contributed by atoms with E-state index in [0.29, 0.717) is 48.8 Å². The summed E-state index contributed by atoms with van der Waals surface area (Å²) in [7, 11) is 0. The lowest BCUT2D eigenvalue weighted by atomic mass is 9.90. The molecule has 0 unspecified atom stereocenters. The zero-order valence-corrected chi connectivity index (χ0v) is 18.0. The summed E-state index contributed by atoms with van der Waals surface area (Å²) in [5.41, 5.74) is 0.223. The van der Waals surface area contributed by atoms with Crippen molar-refractivity contribution in [2.45, 2.75) is 44.7 Å². The summed E-state index contributed by atoms with van der Waals surface area (Å²) >= 11 is 0. The average Bonchev–Trinajstić information content (AvgIpc) is 3.38. The SMILES string of the molecule is Cc1nc(-c2ccc(OCC[C@@H]3C[C@@H]3C3CCN(CC(F)(F)C(F)(F)F)CC3)cc2F)no1. The van der Waals surface area contributed by atoms with Crippen molar-refractivity contribution in [2.24, 2.45) is 17.8 Å². The van der Waals surface area contributed by atoms with Crippen LogP contribution in [0.4, 0.5) is 26.3 Å². The molecule has 1 aromatic heterocycles. The van der Waals surface area contributed by atoms with E-state index in [-0.39, 0.29) is 24.5 Å². The van der Waals surface area contributed by atoms with Gasteiger partial charge in [0.1, 0.15) is 11.6 Å². The van der Waals surface area contributed by atoms with Crippen molar-refractivity contribution < 1.29 is 35.6 Å². The number of hydrogen-bond acceptors (Lipinski definition) is 5. The normalized spacial score (nSPS) is 22.5. The molecule has 33 heavy (non-hydrogen) atoms. The second kappa shape index (κ2) is 9.15. The predicted octanol–water partition coefficient (Wildman–Crippen LogP) is 5.50. The molecule has 182 valence electrons. The summed E-state index contributed by atoms with van der Waals surface area (Å²) in [4.78, 5) is 5.21. The lowest BCUT2D eigenvalue weighted by Crippen LogP contribution is -2.49. The van der Waals surface area contributed by atoms with Crippen LogP contribution in [0, 0.1) is 30.5 Å². The van der Waals surface area contributed by atoms with Crippen LogP contribution in [0.3, 0.4) is 0 Å². The first-order valence-corrected chi connectivity index (χ1v) is 10.9. The second-order valence-corrected chi connectivity index (χ2v) is 8.89. The molecule has 1 aliphatic carbocycles. The smallest absolute Gasteiger partial charge is 0.454 e. The molecule has 2 aromatic rings. The number of ether oxygens (including phenoxy) is 1. The Morgan fingerprint density at radius 3 is 2.48 bits per heavy atom. The molecule has 2 aliphatic rings. The summed E-state index contributed by atoms with van der Waals surface area (Å²) in [6.45, 7) is 1.26. The van der Waals surface area contributed by atoms with E-state index in [1.807, 2.05) is 0 Å². The number of rotatable bonds is 8. The van der Waals surface area contributed by atoms with Crippen molar-refractivity contribution in [3.05, 3.63) is 29.9 Å². The zero-order chi connectivity index (χ0) is 23.8. The number of piperidine rings is 1. The van der Waals surface area contributed by atoms with Gasteiger partial charge in [0.05, 0.1) is 18.7 Å². The molecule has 2 atom stereocenters. The van der Waals surface area contributed by atoms with E-state index in [1.165, 1.54) is 17.0 Å². The minimum absolute atomic E-state index is 0.172. The Bertz CT molecular complexity index is 956. The van der Waals surface area contributed by atoms with Gasteiger partial charge < -0.3 is 9.26 Å². The van der Waals surface area contributed by atoms with Crippen molar-refractivity contribution >= 4 is 0 Å². The largest absolute Gasteiger partial charge is 0.493 e. The molecule has 5 nitrogen and oxygen atoms in total. The van der Waals surface area contributed by atoms with Crippen molar-refractivity contribution in [1.82, 2.24) is 15.0 Å². The van der Waals surface area contributed by atoms with Gasteiger partial charge in [-0.05, 0) is 68.7 Å². The molecule has 0 bridgehead atoms. The first-order valence-electron chi connectivity index (χ1n) is 10.9. The monoisotopic (exact) mass is 477 g/mol. The molecule has 1 saturated heterocycles. The topological polar surface area (TPSA) is 51.4 Å². The number of likely N-dealkylation sites (tertiary alicyclic amines) is 1. The first kappa shape index (κ1) is 23.8. The molecule has 4 rings (SSSR count). The van der Waals surface area contributed by atoms with Crippen LogP contribution < -0.4 is 4.74 Å². The second-order valence-electron chi connectivity index (χ2n) is 8.89. The van der Waals surface area contributed by atoms with Gasteiger partial charge in [-0.15, -0.1) is 0 Å². The minimum atomic E-state index is -5.51. The third-order valence-electron chi connectivity index (χ3n) is 6.52. The van der Waals surface area contributed by atoms with Gasteiger partial charge >= 0.3 is 12.1 Å². The number of hydrogen-bond donors (Lipinski definition) is 0. The summed E-state index contributed by atoms with van der Waals surface area (Å²) in [6, 6.07) is 4.45. The number of nitrogens with zero attached hydrogens (tertiary/aromatic N) is 3. The first-order chi connectivity index (χ1) is 15.5. The predicted molar refractivity (Wildman–Crippen MR) is 106 cm³/mol. The highest BCUT2D eigenvalue weighted by molar-refractivity contribution is 5.56. The summed E-state index contributed by atoms with van der Waals surface area (Å²) in [5.74, 6) is -3.07. The summed E-state index contributed by atoms with van der Waals surface area (Å²) in [6.07, 6.45) is -2.49. The Balaban J connectivity index is 1.18. The van der Waals surface area contributed by atoms with Crippen molar-refractivity contribution in [3.8, 4) is 17.1 Å². The van der Waals surface area contributed by atoms with Gasteiger partial charge in [0.15, 0.2) is 0 Å². The Hall–Kier alpha value is -2.30. The molecule has 0 amide bonds. The minimum Gasteiger partial charge on any atom is -0.493 e. The van der Waals surface area contributed by atoms with Gasteiger partial charge in [0.2, 0.25) is 11.7 Å². The molecule has 0 spiro atoms. The highest BCUT2D eigenvalue weighted by atomic mass is 19.4. The van der Waals surface area contributed by atoms with Crippen LogP contribution in [0.5, 0.6) is 5.75 Å². The van der Waals surface area contributed by atoms with Gasteiger partial charge in [-0.25, -0.2) is 4.39 Å². The van der Waals surface area contributed by atoms with Gasteiger partial charge in [0.25, 0.3) is 0 Å². The van der Waals surface area contributed by atoms with E-state index in [9.17, 15) is 26.3 Å². The van der Waals surface area contributed by atoms with Crippen LogP contribution >= 0.6 is 0 Å². The van der Waals surface area contributed by atoms with Crippen molar-refractivity contribution in [3.63, 3.8) is 0 Å². The quantitative estimate of drug-likeness (QED) is 0.470. The van der Waals surface area contributed by atoms with Crippen LogP contribution in [0.2, 0.25) is 0 Å². The van der Waals surface area contributed by atoms with E-state index in [1.54, 1.807) is 13.0 Å². The summed E-state index contributed by atoms with van der Waals surface area (Å²) < 4.78 is 88.5. The standard InChI is InChI=1S/C22H25F6N3O2/c1-13-29-20(30-33-13)17-3-2-16(11-19(17)23)32-9-6-15-10-18(15)14-4-7-31(8-5-14)12-21(24,25)22(26,27)28/h2-3,11,14-15,18H,4-10,12H2,1H3/t15-,18-/m1/s1. The van der Waals surface area contributed by atoms with Gasteiger partial charge in [-0.1, -0.05) is 5.16 Å². The van der Waals surface area contributed by atoms with E-state index in [4.69, 9.17) is 9.26 Å². The maximum Gasteiger partial charge on any atom is 0.454 e. The molecule has 1 aliphatic heterocycles. The Morgan fingerprint density at radius 2 is 1.88 bits per heavy atom. The number of halogens is 6. The van der Waals surface area contributed by atoms with Crippen LogP contribution in [0.15, 0.2) is 22.7 Å². The number of benzene rings is 1. The fraction of sp³-hybridized carbons (Fsp3) is 0.636. The number of aromatic nitrogens is 2. The number of aryl methyl sites for hydroxylation is 1. The van der Waals surface area contributed by atoms with E-state index >= 15 is 0 Å². The third kappa shape index (κ3) is 5.62. The maximum atomic E-state index is 14.3. The molecule has 11 heteroatoms. The van der Waals surface area contributed by atoms with Crippen LogP contribution in [-0.4, -0.2) is 53.4 Å². The molecular weight excluding hydrogens is 452 g/mol. The Kier molecular flexibility index (Phi) is 6.61. The molecule has 1 aromatic carbocycles. The molecule has 2 heterocycles. The molecule has 1 saturated carbocycles. The average molecular weight is 477 g/mol. The highest BCUT2D eigenvalue weighted by Crippen LogP contribution is 2.50. The Morgan fingerprint density at radius 1 is 1.15 bits per heavy atom. The fourth-order valence-electron chi connectivity index (χ4n) is 4.59. The summed E-state index contributed by atoms with van der Waals surface area (Å²) in [5, 5.41) is 3.70.